The zero-order valence-electron chi connectivity index (χ0n) is 12.5. The number of anilines is 1. The van der Waals surface area contributed by atoms with Crippen LogP contribution in [0, 0.1) is 0 Å². The van der Waals surface area contributed by atoms with Crippen molar-refractivity contribution in [1.82, 2.24) is 4.98 Å². The first-order valence-electron chi connectivity index (χ1n) is 7.03. The maximum atomic E-state index is 11.2. The summed E-state index contributed by atoms with van der Waals surface area (Å²) in [7, 11) is 1.91. The molecule has 5 heteroatoms. The van der Waals surface area contributed by atoms with Crippen LogP contribution in [0.3, 0.4) is 0 Å². The van der Waals surface area contributed by atoms with Crippen LogP contribution in [-0.2, 0) is 0 Å². The number of hydrogen-bond acceptors (Lipinski definition) is 4. The van der Waals surface area contributed by atoms with Gasteiger partial charge in [-0.2, -0.15) is 0 Å². The normalized spacial score (nSPS) is 10.8. The van der Waals surface area contributed by atoms with Crippen LogP contribution in [0.4, 0.5) is 5.82 Å². The third-order valence-corrected chi connectivity index (χ3v) is 3.21. The Kier molecular flexibility index (Phi) is 6.45. The second-order valence-corrected chi connectivity index (χ2v) is 5.30. The number of aromatic carboxylic acids is 1. The highest BCUT2D eigenvalue weighted by Crippen LogP contribution is 2.20. The van der Waals surface area contributed by atoms with Crippen LogP contribution in [0.25, 0.3) is 0 Å². The van der Waals surface area contributed by atoms with E-state index in [4.69, 9.17) is 10.2 Å². The standard InChI is InChI=1S/C15H24N2O3/c1-11(2)13-9-12(15(19)20)10-14(16-13)17(3)7-5-4-6-8-18/h9-11,18H,4-8H2,1-3H3,(H,19,20). The molecule has 1 heterocycles. The molecule has 0 bridgehead atoms. The van der Waals surface area contributed by atoms with Gasteiger partial charge in [0, 0.05) is 25.9 Å². The average molecular weight is 280 g/mol. The Bertz CT molecular complexity index is 447. The molecule has 1 rings (SSSR count). The van der Waals surface area contributed by atoms with Gasteiger partial charge in [-0.15, -0.1) is 0 Å². The van der Waals surface area contributed by atoms with Gasteiger partial charge in [0.25, 0.3) is 0 Å². The molecule has 0 aromatic carbocycles. The average Bonchev–Trinajstić information content (AvgIpc) is 2.42. The molecule has 2 N–H and O–H groups in total. The van der Waals surface area contributed by atoms with E-state index >= 15 is 0 Å². The summed E-state index contributed by atoms with van der Waals surface area (Å²) in [5, 5.41) is 17.9. The number of rotatable bonds is 8. The van der Waals surface area contributed by atoms with Crippen molar-refractivity contribution >= 4 is 11.8 Å². The summed E-state index contributed by atoms with van der Waals surface area (Å²) in [5.74, 6) is -0.0438. The first-order chi connectivity index (χ1) is 9.45. The number of aliphatic hydroxyl groups excluding tert-OH is 1. The quantitative estimate of drug-likeness (QED) is 0.716. The maximum absolute atomic E-state index is 11.2. The SMILES string of the molecule is CC(C)c1cc(C(=O)O)cc(N(C)CCCCCO)n1. The van der Waals surface area contributed by atoms with Crippen LogP contribution >= 0.6 is 0 Å². The van der Waals surface area contributed by atoms with Crippen LogP contribution in [0.15, 0.2) is 12.1 Å². The summed E-state index contributed by atoms with van der Waals surface area (Å²) in [6, 6.07) is 3.25. The monoisotopic (exact) mass is 280 g/mol. The number of hydrogen-bond donors (Lipinski definition) is 2. The zero-order valence-corrected chi connectivity index (χ0v) is 12.5. The van der Waals surface area contributed by atoms with Crippen molar-refractivity contribution in [2.45, 2.75) is 39.0 Å². The van der Waals surface area contributed by atoms with Gasteiger partial charge in [0.1, 0.15) is 5.82 Å². The Morgan fingerprint density at radius 1 is 1.30 bits per heavy atom. The highest BCUT2D eigenvalue weighted by Gasteiger charge is 2.13. The van der Waals surface area contributed by atoms with Crippen molar-refractivity contribution < 1.29 is 15.0 Å². The summed E-state index contributed by atoms with van der Waals surface area (Å²) in [6.45, 7) is 5.01. The molecule has 0 saturated carbocycles. The second-order valence-electron chi connectivity index (χ2n) is 5.30. The van der Waals surface area contributed by atoms with Gasteiger partial charge in [0.2, 0.25) is 0 Å². The van der Waals surface area contributed by atoms with E-state index in [1.165, 1.54) is 0 Å². The lowest BCUT2D eigenvalue weighted by Crippen LogP contribution is -2.21. The number of unbranched alkanes of at least 4 members (excludes halogenated alkanes) is 2. The lowest BCUT2D eigenvalue weighted by Gasteiger charge is -2.20. The van der Waals surface area contributed by atoms with Crippen LogP contribution in [0.1, 0.15) is 55.1 Å². The van der Waals surface area contributed by atoms with Crippen molar-refractivity contribution in [3.05, 3.63) is 23.4 Å². The minimum absolute atomic E-state index is 0.191. The van der Waals surface area contributed by atoms with Crippen LogP contribution < -0.4 is 4.90 Å². The molecule has 1 aromatic rings. The number of aromatic nitrogens is 1. The molecule has 112 valence electrons. The number of pyridine rings is 1. The predicted octanol–water partition coefficient (Wildman–Crippen LogP) is 2.50. The highest BCUT2D eigenvalue weighted by molar-refractivity contribution is 5.88. The van der Waals surface area contributed by atoms with E-state index < -0.39 is 5.97 Å². The van der Waals surface area contributed by atoms with Gasteiger partial charge in [-0.05, 0) is 37.3 Å². The largest absolute Gasteiger partial charge is 0.478 e. The molecule has 0 radical (unpaired) electrons. The van der Waals surface area contributed by atoms with Crippen molar-refractivity contribution in [1.29, 1.82) is 0 Å². The number of carboxylic acid groups (broad SMARTS) is 1. The van der Waals surface area contributed by atoms with Gasteiger partial charge in [0.05, 0.1) is 5.56 Å². The van der Waals surface area contributed by atoms with E-state index in [0.717, 1.165) is 31.5 Å². The molecule has 0 aliphatic carbocycles. The number of carbonyl (C=O) groups is 1. The predicted molar refractivity (Wildman–Crippen MR) is 79.5 cm³/mol. The van der Waals surface area contributed by atoms with Crippen LogP contribution in [0.5, 0.6) is 0 Å². The van der Waals surface area contributed by atoms with E-state index in [0.29, 0.717) is 5.82 Å². The lowest BCUT2D eigenvalue weighted by atomic mass is 10.1. The topological polar surface area (TPSA) is 73.7 Å². The Balaban J connectivity index is 2.84. The number of carboxylic acids is 1. The third kappa shape index (κ3) is 4.81. The fraction of sp³-hybridized carbons (Fsp3) is 0.600. The molecule has 5 nitrogen and oxygen atoms in total. The summed E-state index contributed by atoms with van der Waals surface area (Å²) in [6.07, 6.45) is 2.71. The molecule has 0 unspecified atom stereocenters. The Morgan fingerprint density at radius 2 is 2.00 bits per heavy atom. The van der Waals surface area contributed by atoms with Crippen LogP contribution in [0.2, 0.25) is 0 Å². The smallest absolute Gasteiger partial charge is 0.335 e. The van der Waals surface area contributed by atoms with Gasteiger partial charge in [-0.25, -0.2) is 9.78 Å². The van der Waals surface area contributed by atoms with Crippen molar-refractivity contribution in [2.75, 3.05) is 25.1 Å². The van der Waals surface area contributed by atoms with Crippen LogP contribution in [-0.4, -0.2) is 41.4 Å². The summed E-state index contributed by atoms with van der Waals surface area (Å²) >= 11 is 0. The fourth-order valence-electron chi connectivity index (χ4n) is 1.90. The third-order valence-electron chi connectivity index (χ3n) is 3.21. The molecular weight excluding hydrogens is 256 g/mol. The maximum Gasteiger partial charge on any atom is 0.335 e. The van der Waals surface area contributed by atoms with E-state index in [-0.39, 0.29) is 18.1 Å². The number of aliphatic hydroxyl groups is 1. The van der Waals surface area contributed by atoms with E-state index in [2.05, 4.69) is 4.98 Å². The molecule has 0 aliphatic heterocycles. The highest BCUT2D eigenvalue weighted by atomic mass is 16.4. The van der Waals surface area contributed by atoms with E-state index in [9.17, 15) is 4.79 Å². The molecule has 0 atom stereocenters. The Labute approximate surface area is 120 Å². The molecule has 0 spiro atoms. The fourth-order valence-corrected chi connectivity index (χ4v) is 1.90. The minimum atomic E-state index is -0.927. The lowest BCUT2D eigenvalue weighted by molar-refractivity contribution is 0.0696. The minimum Gasteiger partial charge on any atom is -0.478 e. The van der Waals surface area contributed by atoms with Crippen molar-refractivity contribution in [2.24, 2.45) is 0 Å². The summed E-state index contributed by atoms with van der Waals surface area (Å²) < 4.78 is 0. The second kappa shape index (κ2) is 7.85. The van der Waals surface area contributed by atoms with Gasteiger partial charge >= 0.3 is 5.97 Å². The summed E-state index contributed by atoms with van der Waals surface area (Å²) in [5.41, 5.74) is 1.07. The molecule has 0 amide bonds. The Morgan fingerprint density at radius 3 is 2.55 bits per heavy atom. The molecule has 0 aliphatic rings. The first kappa shape index (κ1) is 16.4. The van der Waals surface area contributed by atoms with Gasteiger partial charge in [-0.1, -0.05) is 13.8 Å². The Hall–Kier alpha value is -1.62. The van der Waals surface area contributed by atoms with Crippen molar-refractivity contribution in [3.63, 3.8) is 0 Å². The number of nitrogens with zero attached hydrogens (tertiary/aromatic N) is 2. The van der Waals surface area contributed by atoms with E-state index in [1.54, 1.807) is 12.1 Å². The molecule has 1 aromatic heterocycles. The first-order valence-corrected chi connectivity index (χ1v) is 7.03. The molecule has 0 fully saturated rings. The summed E-state index contributed by atoms with van der Waals surface area (Å²) in [4.78, 5) is 17.7. The molecule has 20 heavy (non-hydrogen) atoms. The zero-order chi connectivity index (χ0) is 15.1. The molecule has 0 saturated heterocycles. The van der Waals surface area contributed by atoms with E-state index in [1.807, 2.05) is 25.8 Å². The van der Waals surface area contributed by atoms with Gasteiger partial charge in [-0.3, -0.25) is 0 Å². The molecular formula is C15H24N2O3. The van der Waals surface area contributed by atoms with Gasteiger partial charge in [0.15, 0.2) is 0 Å². The van der Waals surface area contributed by atoms with Gasteiger partial charge < -0.3 is 15.1 Å². The van der Waals surface area contributed by atoms with Crippen molar-refractivity contribution in [3.8, 4) is 0 Å².